The zero-order chi connectivity index (χ0) is 11.3. The second kappa shape index (κ2) is 4.86. The van der Waals surface area contributed by atoms with Gasteiger partial charge in [0.05, 0.1) is 12.0 Å². The number of nitro groups is 1. The topological polar surface area (TPSA) is 72.6 Å². The fourth-order valence-electron chi connectivity index (χ4n) is 0.553. The van der Waals surface area contributed by atoms with E-state index in [1.807, 2.05) is 0 Å². The van der Waals surface area contributed by atoms with Gasteiger partial charge in [0.1, 0.15) is 5.76 Å². The minimum atomic E-state index is -0.797. The summed E-state index contributed by atoms with van der Waals surface area (Å²) >= 11 is 0. The first kappa shape index (κ1) is 12.0. The Morgan fingerprint density at radius 3 is 2.36 bits per heavy atom. The highest BCUT2D eigenvalue weighted by Gasteiger charge is 2.13. The summed E-state index contributed by atoms with van der Waals surface area (Å²) in [5, 5.41) is 19.3. The molecule has 0 fully saturated rings. The van der Waals surface area contributed by atoms with Gasteiger partial charge in [0.2, 0.25) is 0 Å². The first-order chi connectivity index (χ1) is 6.40. The average Bonchev–Trinajstić information content (AvgIpc) is 2.14. The summed E-state index contributed by atoms with van der Waals surface area (Å²) in [5.41, 5.74) is -0.358. The van der Waals surface area contributed by atoms with Crippen molar-refractivity contribution in [2.45, 2.75) is 0 Å². The van der Waals surface area contributed by atoms with E-state index in [2.05, 4.69) is 19.7 Å². The largest absolute Gasteiger partial charge is 0.502 e. The minimum absolute atomic E-state index is 0.215. The maximum absolute atomic E-state index is 10.2. The normalized spacial score (nSPS) is 10.5. The van der Waals surface area contributed by atoms with E-state index >= 15 is 0 Å². The SMILES string of the molecule is C=C(/C=C(/O)C(=C)[N+](=O)[O-])C(=C)OC. The number of allylic oxidation sites excluding steroid dienone is 1. The Hall–Kier alpha value is -2.04. The number of methoxy groups -OCH3 is 1. The number of aliphatic hydroxyl groups is 1. The van der Waals surface area contributed by atoms with Gasteiger partial charge in [0.25, 0.3) is 0 Å². The van der Waals surface area contributed by atoms with Crippen LogP contribution in [0, 0.1) is 10.1 Å². The monoisotopic (exact) mass is 197 g/mol. The van der Waals surface area contributed by atoms with E-state index < -0.39 is 16.4 Å². The molecule has 0 aliphatic carbocycles. The molecule has 0 spiro atoms. The van der Waals surface area contributed by atoms with Crippen molar-refractivity contribution in [3.63, 3.8) is 0 Å². The summed E-state index contributed by atoms with van der Waals surface area (Å²) in [6.45, 7) is 10.00. The highest BCUT2D eigenvalue weighted by Crippen LogP contribution is 2.12. The lowest BCUT2D eigenvalue weighted by Crippen LogP contribution is -2.00. The second-order valence-corrected chi connectivity index (χ2v) is 2.39. The third-order valence-electron chi connectivity index (χ3n) is 1.43. The van der Waals surface area contributed by atoms with Gasteiger partial charge in [-0.25, -0.2) is 0 Å². The molecule has 5 nitrogen and oxygen atoms in total. The van der Waals surface area contributed by atoms with Crippen molar-refractivity contribution in [1.82, 2.24) is 0 Å². The molecule has 0 aliphatic heterocycles. The summed E-state index contributed by atoms with van der Waals surface area (Å²) in [6.07, 6.45) is 1.07. The lowest BCUT2D eigenvalue weighted by molar-refractivity contribution is -0.423. The molecule has 0 radical (unpaired) electrons. The first-order valence-corrected chi connectivity index (χ1v) is 3.56. The molecule has 14 heavy (non-hydrogen) atoms. The number of nitrogens with zero attached hydrogens (tertiary/aromatic N) is 1. The number of ether oxygens (including phenoxy) is 1. The van der Waals surface area contributed by atoms with Crippen LogP contribution in [-0.2, 0) is 4.74 Å². The molecule has 0 rings (SSSR count). The van der Waals surface area contributed by atoms with Gasteiger partial charge in [0.15, 0.2) is 5.76 Å². The summed E-state index contributed by atoms with van der Waals surface area (Å²) in [7, 11) is 1.38. The quantitative estimate of drug-likeness (QED) is 0.316. The van der Waals surface area contributed by atoms with Gasteiger partial charge in [-0.15, -0.1) is 0 Å². The Bertz CT molecular complexity index is 328. The van der Waals surface area contributed by atoms with Crippen LogP contribution < -0.4 is 0 Å². The molecule has 0 aliphatic rings. The van der Waals surface area contributed by atoms with E-state index in [0.29, 0.717) is 0 Å². The molecular weight excluding hydrogens is 186 g/mol. The van der Waals surface area contributed by atoms with Crippen LogP contribution in [-0.4, -0.2) is 17.1 Å². The van der Waals surface area contributed by atoms with Crippen molar-refractivity contribution >= 4 is 0 Å². The van der Waals surface area contributed by atoms with Crippen LogP contribution >= 0.6 is 0 Å². The Labute approximate surface area is 81.5 Å². The fourth-order valence-corrected chi connectivity index (χ4v) is 0.553. The molecule has 0 bridgehead atoms. The maximum Gasteiger partial charge on any atom is 0.303 e. The molecule has 5 heteroatoms. The van der Waals surface area contributed by atoms with Crippen molar-refractivity contribution < 1.29 is 14.8 Å². The Balaban J connectivity index is 4.69. The molecule has 0 amide bonds. The Morgan fingerprint density at radius 1 is 1.50 bits per heavy atom. The maximum atomic E-state index is 10.2. The fraction of sp³-hybridized carbons (Fsp3) is 0.111. The van der Waals surface area contributed by atoms with Crippen LogP contribution in [0.5, 0.6) is 0 Å². The molecule has 1 N–H and O–H groups in total. The van der Waals surface area contributed by atoms with E-state index in [-0.39, 0.29) is 11.3 Å². The first-order valence-electron chi connectivity index (χ1n) is 3.56. The third kappa shape index (κ3) is 3.14. The van der Waals surface area contributed by atoms with Crippen LogP contribution in [0.15, 0.2) is 48.6 Å². The molecule has 0 atom stereocenters. The molecule has 76 valence electrons. The van der Waals surface area contributed by atoms with Gasteiger partial charge in [-0.2, -0.15) is 0 Å². The van der Waals surface area contributed by atoms with Gasteiger partial charge in [-0.05, 0) is 12.7 Å². The number of hydrogen-bond acceptors (Lipinski definition) is 4. The standard InChI is InChI=1S/C9H11NO4/c1-6(8(3)14-4)5-9(11)7(2)10(12)13/h5,11H,1-3H2,4H3/b9-5+. The second-order valence-electron chi connectivity index (χ2n) is 2.39. The van der Waals surface area contributed by atoms with Gasteiger partial charge in [0, 0.05) is 5.57 Å². The minimum Gasteiger partial charge on any atom is -0.502 e. The van der Waals surface area contributed by atoms with Crippen LogP contribution in [0.1, 0.15) is 0 Å². The summed E-state index contributed by atoms with van der Waals surface area (Å²) < 4.78 is 4.70. The van der Waals surface area contributed by atoms with E-state index in [1.165, 1.54) is 7.11 Å². The molecule has 0 saturated heterocycles. The van der Waals surface area contributed by atoms with E-state index in [9.17, 15) is 10.1 Å². The average molecular weight is 197 g/mol. The molecule has 0 aromatic carbocycles. The molecule has 0 heterocycles. The Morgan fingerprint density at radius 2 is 2.00 bits per heavy atom. The van der Waals surface area contributed by atoms with E-state index in [0.717, 1.165) is 6.08 Å². The lowest BCUT2D eigenvalue weighted by atomic mass is 10.2. The smallest absolute Gasteiger partial charge is 0.303 e. The summed E-state index contributed by atoms with van der Waals surface area (Å²) in [6, 6.07) is 0. The third-order valence-corrected chi connectivity index (χ3v) is 1.43. The van der Waals surface area contributed by atoms with Crippen LogP contribution in [0.4, 0.5) is 0 Å². The van der Waals surface area contributed by atoms with Gasteiger partial charge in [-0.3, -0.25) is 10.1 Å². The predicted molar refractivity (Wildman–Crippen MR) is 52.1 cm³/mol. The van der Waals surface area contributed by atoms with E-state index in [1.54, 1.807) is 0 Å². The Kier molecular flexibility index (Phi) is 4.15. The van der Waals surface area contributed by atoms with Gasteiger partial charge < -0.3 is 9.84 Å². The zero-order valence-corrected chi connectivity index (χ0v) is 7.82. The molecule has 0 aromatic heterocycles. The van der Waals surface area contributed by atoms with Crippen molar-refractivity contribution in [1.29, 1.82) is 0 Å². The summed E-state index contributed by atoms with van der Waals surface area (Å²) in [5.74, 6) is -0.356. The van der Waals surface area contributed by atoms with Crippen molar-refractivity contribution in [2.75, 3.05) is 7.11 Å². The molecule has 0 aromatic rings. The summed E-state index contributed by atoms with van der Waals surface area (Å²) in [4.78, 5) is 9.39. The number of aliphatic hydroxyl groups excluding tert-OH is 1. The van der Waals surface area contributed by atoms with Crippen LogP contribution in [0.3, 0.4) is 0 Å². The molecule has 0 saturated carbocycles. The van der Waals surface area contributed by atoms with E-state index in [4.69, 9.17) is 9.84 Å². The van der Waals surface area contributed by atoms with Crippen molar-refractivity contribution in [3.8, 4) is 0 Å². The van der Waals surface area contributed by atoms with Crippen LogP contribution in [0.2, 0.25) is 0 Å². The highest BCUT2D eigenvalue weighted by atomic mass is 16.6. The van der Waals surface area contributed by atoms with Gasteiger partial charge in [-0.1, -0.05) is 13.2 Å². The number of hydrogen-bond donors (Lipinski definition) is 1. The van der Waals surface area contributed by atoms with Crippen molar-refractivity contribution in [2.24, 2.45) is 0 Å². The number of rotatable bonds is 5. The molecular formula is C9H11NO4. The highest BCUT2D eigenvalue weighted by molar-refractivity contribution is 5.35. The van der Waals surface area contributed by atoms with Crippen molar-refractivity contribution in [3.05, 3.63) is 58.7 Å². The predicted octanol–water partition coefficient (Wildman–Crippen LogP) is 1.93. The molecule has 0 unspecified atom stereocenters. The van der Waals surface area contributed by atoms with Gasteiger partial charge >= 0.3 is 5.70 Å². The lowest BCUT2D eigenvalue weighted by Gasteiger charge is -2.03. The zero-order valence-electron chi connectivity index (χ0n) is 7.82. The van der Waals surface area contributed by atoms with Crippen LogP contribution in [0.25, 0.3) is 0 Å².